The second-order valence-electron chi connectivity index (χ2n) is 5.20. The third kappa shape index (κ3) is 3.53. The lowest BCUT2D eigenvalue weighted by Crippen LogP contribution is -2.25. The quantitative estimate of drug-likeness (QED) is 0.840. The van der Waals surface area contributed by atoms with Crippen molar-refractivity contribution in [2.24, 2.45) is 5.92 Å². The minimum atomic E-state index is 0.422. The van der Waals surface area contributed by atoms with Crippen LogP contribution in [0, 0.1) is 12.8 Å². The molecule has 2 rings (SSSR count). The molecule has 0 aliphatic carbocycles. The van der Waals surface area contributed by atoms with Crippen molar-refractivity contribution in [1.82, 2.24) is 10.3 Å². The molecule has 0 spiro atoms. The molecule has 0 saturated carbocycles. The Balaban J connectivity index is 2.06. The van der Waals surface area contributed by atoms with Crippen molar-refractivity contribution in [3.63, 3.8) is 0 Å². The van der Waals surface area contributed by atoms with Crippen molar-refractivity contribution in [2.75, 3.05) is 19.8 Å². The van der Waals surface area contributed by atoms with Crippen molar-refractivity contribution < 1.29 is 4.74 Å². The number of rotatable bonds is 6. The first kappa shape index (κ1) is 13.5. The maximum absolute atomic E-state index is 5.49. The summed E-state index contributed by atoms with van der Waals surface area (Å²) in [5, 5.41) is 3.66. The zero-order valence-corrected chi connectivity index (χ0v) is 11.5. The molecule has 2 heterocycles. The first-order valence-corrected chi connectivity index (χ1v) is 7.03. The Morgan fingerprint density at radius 3 is 3.11 bits per heavy atom. The molecule has 1 fully saturated rings. The van der Waals surface area contributed by atoms with E-state index in [9.17, 15) is 0 Å². The van der Waals surface area contributed by atoms with E-state index >= 15 is 0 Å². The SMILES string of the molecule is CCCNC(CC1CCOC1)c1cnccc1C. The van der Waals surface area contributed by atoms with Crippen LogP contribution in [-0.2, 0) is 4.74 Å². The lowest BCUT2D eigenvalue weighted by molar-refractivity contribution is 0.181. The number of ether oxygens (including phenoxy) is 1. The summed E-state index contributed by atoms with van der Waals surface area (Å²) >= 11 is 0. The third-order valence-electron chi connectivity index (χ3n) is 3.69. The minimum absolute atomic E-state index is 0.422. The van der Waals surface area contributed by atoms with Gasteiger partial charge in [-0.05, 0) is 55.8 Å². The van der Waals surface area contributed by atoms with E-state index in [4.69, 9.17) is 4.74 Å². The molecule has 3 nitrogen and oxygen atoms in total. The molecular formula is C15H24N2O. The van der Waals surface area contributed by atoms with Crippen molar-refractivity contribution in [3.05, 3.63) is 29.6 Å². The molecule has 0 radical (unpaired) electrons. The van der Waals surface area contributed by atoms with Gasteiger partial charge in [-0.2, -0.15) is 0 Å². The average Bonchev–Trinajstić information content (AvgIpc) is 2.88. The molecule has 0 aromatic carbocycles. The molecule has 3 heteroatoms. The number of aromatic nitrogens is 1. The van der Waals surface area contributed by atoms with Crippen LogP contribution in [0.25, 0.3) is 0 Å². The molecule has 100 valence electrons. The van der Waals surface area contributed by atoms with E-state index in [1.165, 1.54) is 17.5 Å². The van der Waals surface area contributed by atoms with Gasteiger partial charge in [-0.3, -0.25) is 4.98 Å². The predicted octanol–water partition coefficient (Wildman–Crippen LogP) is 2.86. The number of nitrogens with one attached hydrogen (secondary N) is 1. The second kappa shape index (κ2) is 6.86. The molecule has 1 aromatic heterocycles. The Morgan fingerprint density at radius 1 is 1.56 bits per heavy atom. The van der Waals surface area contributed by atoms with Gasteiger partial charge in [0.1, 0.15) is 0 Å². The van der Waals surface area contributed by atoms with E-state index < -0.39 is 0 Å². The fourth-order valence-electron chi connectivity index (χ4n) is 2.58. The highest BCUT2D eigenvalue weighted by atomic mass is 16.5. The van der Waals surface area contributed by atoms with Crippen molar-refractivity contribution in [2.45, 2.75) is 39.2 Å². The second-order valence-corrected chi connectivity index (χ2v) is 5.20. The van der Waals surface area contributed by atoms with Gasteiger partial charge < -0.3 is 10.1 Å². The first-order chi connectivity index (χ1) is 8.81. The summed E-state index contributed by atoms with van der Waals surface area (Å²) in [7, 11) is 0. The van der Waals surface area contributed by atoms with Gasteiger partial charge in [-0.25, -0.2) is 0 Å². The first-order valence-electron chi connectivity index (χ1n) is 7.03. The molecule has 2 unspecified atom stereocenters. The highest BCUT2D eigenvalue weighted by Crippen LogP contribution is 2.27. The fourth-order valence-corrected chi connectivity index (χ4v) is 2.58. The van der Waals surface area contributed by atoms with Crippen LogP contribution in [0.4, 0.5) is 0 Å². The molecular weight excluding hydrogens is 224 g/mol. The Labute approximate surface area is 110 Å². The Bertz CT molecular complexity index is 361. The van der Waals surface area contributed by atoms with Crippen LogP contribution in [0.1, 0.15) is 43.4 Å². The van der Waals surface area contributed by atoms with Gasteiger partial charge in [0.25, 0.3) is 0 Å². The topological polar surface area (TPSA) is 34.1 Å². The Kier molecular flexibility index (Phi) is 5.14. The smallest absolute Gasteiger partial charge is 0.0495 e. The lowest BCUT2D eigenvalue weighted by Gasteiger charge is -2.23. The summed E-state index contributed by atoms with van der Waals surface area (Å²) in [6.07, 6.45) is 7.40. The normalized spacial score (nSPS) is 21.1. The predicted molar refractivity (Wildman–Crippen MR) is 73.6 cm³/mol. The summed E-state index contributed by atoms with van der Waals surface area (Å²) in [6, 6.07) is 2.52. The number of hydrogen-bond donors (Lipinski definition) is 1. The van der Waals surface area contributed by atoms with Crippen LogP contribution < -0.4 is 5.32 Å². The van der Waals surface area contributed by atoms with Crippen LogP contribution in [0.3, 0.4) is 0 Å². The van der Waals surface area contributed by atoms with E-state index in [1.807, 2.05) is 12.4 Å². The number of aryl methyl sites for hydroxylation is 1. The molecule has 1 aromatic rings. The van der Waals surface area contributed by atoms with Gasteiger partial charge in [0.15, 0.2) is 0 Å². The molecule has 2 atom stereocenters. The van der Waals surface area contributed by atoms with Gasteiger partial charge in [0.05, 0.1) is 0 Å². The zero-order chi connectivity index (χ0) is 12.8. The van der Waals surface area contributed by atoms with Crippen LogP contribution in [0.2, 0.25) is 0 Å². The zero-order valence-electron chi connectivity index (χ0n) is 11.5. The lowest BCUT2D eigenvalue weighted by atomic mass is 9.93. The fraction of sp³-hybridized carbons (Fsp3) is 0.667. The molecule has 18 heavy (non-hydrogen) atoms. The standard InChI is InChI=1S/C15H24N2O/c1-3-6-17-15(9-13-5-8-18-11-13)14-10-16-7-4-12(14)2/h4,7,10,13,15,17H,3,5-6,8-9,11H2,1-2H3. The van der Waals surface area contributed by atoms with Crippen molar-refractivity contribution in [3.8, 4) is 0 Å². The summed E-state index contributed by atoms with van der Waals surface area (Å²) in [5.74, 6) is 0.693. The number of pyridine rings is 1. The highest BCUT2D eigenvalue weighted by molar-refractivity contribution is 5.25. The summed E-state index contributed by atoms with van der Waals surface area (Å²) in [5.41, 5.74) is 2.68. The Morgan fingerprint density at radius 2 is 2.44 bits per heavy atom. The minimum Gasteiger partial charge on any atom is -0.381 e. The van der Waals surface area contributed by atoms with E-state index in [2.05, 4.69) is 30.2 Å². The highest BCUT2D eigenvalue weighted by Gasteiger charge is 2.22. The van der Waals surface area contributed by atoms with Gasteiger partial charge in [0.2, 0.25) is 0 Å². The molecule has 1 saturated heterocycles. The van der Waals surface area contributed by atoms with E-state index in [-0.39, 0.29) is 0 Å². The summed E-state index contributed by atoms with van der Waals surface area (Å²) in [6.45, 7) is 7.29. The van der Waals surface area contributed by atoms with E-state index in [0.717, 1.165) is 32.6 Å². The molecule has 1 N–H and O–H groups in total. The van der Waals surface area contributed by atoms with E-state index in [0.29, 0.717) is 12.0 Å². The van der Waals surface area contributed by atoms with Crippen LogP contribution in [0.15, 0.2) is 18.5 Å². The summed E-state index contributed by atoms with van der Waals surface area (Å²) < 4.78 is 5.49. The van der Waals surface area contributed by atoms with Crippen LogP contribution >= 0.6 is 0 Å². The molecule has 0 amide bonds. The largest absolute Gasteiger partial charge is 0.381 e. The maximum atomic E-state index is 5.49. The Hall–Kier alpha value is -0.930. The molecule has 1 aliphatic rings. The molecule has 1 aliphatic heterocycles. The van der Waals surface area contributed by atoms with E-state index in [1.54, 1.807) is 0 Å². The van der Waals surface area contributed by atoms with Gasteiger partial charge in [0, 0.05) is 31.6 Å². The van der Waals surface area contributed by atoms with Gasteiger partial charge >= 0.3 is 0 Å². The van der Waals surface area contributed by atoms with Gasteiger partial charge in [-0.15, -0.1) is 0 Å². The third-order valence-corrected chi connectivity index (χ3v) is 3.69. The monoisotopic (exact) mass is 248 g/mol. The molecule has 0 bridgehead atoms. The van der Waals surface area contributed by atoms with Crippen molar-refractivity contribution in [1.29, 1.82) is 0 Å². The number of hydrogen-bond acceptors (Lipinski definition) is 3. The van der Waals surface area contributed by atoms with Crippen molar-refractivity contribution >= 4 is 0 Å². The number of nitrogens with zero attached hydrogens (tertiary/aromatic N) is 1. The van der Waals surface area contributed by atoms with Gasteiger partial charge in [-0.1, -0.05) is 6.92 Å². The average molecular weight is 248 g/mol. The van der Waals surface area contributed by atoms with Crippen LogP contribution in [0.5, 0.6) is 0 Å². The van der Waals surface area contributed by atoms with Crippen LogP contribution in [-0.4, -0.2) is 24.7 Å². The maximum Gasteiger partial charge on any atom is 0.0495 e. The summed E-state index contributed by atoms with van der Waals surface area (Å²) in [4.78, 5) is 4.28.